The second-order valence-corrected chi connectivity index (χ2v) is 11.1. The number of carbonyl (C=O) groups is 1. The van der Waals surface area contributed by atoms with Crippen LogP contribution in [0.4, 0.5) is 9.18 Å². The molecule has 1 amide bonds. The molecule has 1 aromatic heterocycles. The largest absolute Gasteiger partial charge is 0.444 e. The van der Waals surface area contributed by atoms with Gasteiger partial charge >= 0.3 is 6.09 Å². The molecule has 188 valence electrons. The molecule has 1 aliphatic rings. The first-order valence-corrected chi connectivity index (χ1v) is 13.3. The number of amides is 1. The quantitative estimate of drug-likeness (QED) is 0.321. The van der Waals surface area contributed by atoms with E-state index in [4.69, 9.17) is 16.3 Å². The number of carbonyl (C=O) groups excluding carboxylic acids is 1. The third-order valence-electron chi connectivity index (χ3n) is 5.79. The van der Waals surface area contributed by atoms with E-state index in [1.165, 1.54) is 23.3 Å². The van der Waals surface area contributed by atoms with Crippen LogP contribution in [-0.2, 0) is 23.3 Å². The maximum absolute atomic E-state index is 13.1. The van der Waals surface area contributed by atoms with Crippen LogP contribution in [0.2, 0.25) is 5.02 Å². The van der Waals surface area contributed by atoms with Crippen molar-refractivity contribution in [2.75, 3.05) is 13.1 Å². The first-order chi connectivity index (χ1) is 17.2. The van der Waals surface area contributed by atoms with Crippen molar-refractivity contribution in [2.24, 2.45) is 0 Å². The fourth-order valence-electron chi connectivity index (χ4n) is 3.96. The fraction of sp³-hybridized carbons (Fsp3) is 0.310. The number of ether oxygens (including phenoxy) is 1. The molecule has 2 aromatic carbocycles. The molecule has 0 N–H and O–H groups in total. The molecule has 0 bridgehead atoms. The Balaban J connectivity index is 1.40. The van der Waals surface area contributed by atoms with E-state index in [9.17, 15) is 9.18 Å². The predicted molar refractivity (Wildman–Crippen MR) is 146 cm³/mol. The minimum Gasteiger partial charge on any atom is -0.444 e. The lowest BCUT2D eigenvalue weighted by Crippen LogP contribution is -2.38. The zero-order chi connectivity index (χ0) is 25.7. The van der Waals surface area contributed by atoms with E-state index in [2.05, 4.69) is 11.1 Å². The van der Waals surface area contributed by atoms with E-state index in [0.717, 1.165) is 39.6 Å². The number of pyridine rings is 1. The molecule has 4 rings (SSSR count). The van der Waals surface area contributed by atoms with Gasteiger partial charge in [-0.25, -0.2) is 9.18 Å². The average Bonchev–Trinajstić information content (AvgIpc) is 3.06. The maximum atomic E-state index is 13.1. The highest BCUT2D eigenvalue weighted by Gasteiger charge is 2.25. The number of hydrogen-bond donors (Lipinski definition) is 0. The third kappa shape index (κ3) is 7.11. The van der Waals surface area contributed by atoms with Gasteiger partial charge in [-0.2, -0.15) is 0 Å². The number of thioether (sulfide) groups is 1. The normalized spacial score (nSPS) is 14.0. The number of halogens is 2. The minimum atomic E-state index is -0.514. The van der Waals surface area contributed by atoms with Crippen LogP contribution in [0.5, 0.6) is 0 Å². The summed E-state index contributed by atoms with van der Waals surface area (Å²) in [6.45, 7) is 6.88. The number of rotatable bonds is 5. The van der Waals surface area contributed by atoms with Gasteiger partial charge in [0, 0.05) is 29.9 Å². The Morgan fingerprint density at radius 3 is 2.44 bits per heavy atom. The Bertz CT molecular complexity index is 1240. The summed E-state index contributed by atoms with van der Waals surface area (Å²) >= 11 is 8.30. The van der Waals surface area contributed by atoms with Gasteiger partial charge < -0.3 is 9.64 Å². The summed E-state index contributed by atoms with van der Waals surface area (Å²) in [6.07, 6.45) is 6.96. The van der Waals surface area contributed by atoms with E-state index in [1.807, 2.05) is 57.3 Å². The number of nitrogens with zero attached hydrogens (tertiary/aromatic N) is 2. The number of hydrogen-bond acceptors (Lipinski definition) is 4. The highest BCUT2D eigenvalue weighted by atomic mass is 35.5. The van der Waals surface area contributed by atoms with E-state index in [-0.39, 0.29) is 11.9 Å². The molecule has 0 atom stereocenters. The van der Waals surface area contributed by atoms with Gasteiger partial charge in [0.05, 0.1) is 10.7 Å². The molecule has 7 heteroatoms. The zero-order valence-electron chi connectivity index (χ0n) is 20.8. The molecule has 2 heterocycles. The predicted octanol–water partition coefficient (Wildman–Crippen LogP) is 7.67. The summed E-state index contributed by atoms with van der Waals surface area (Å²) in [6, 6.07) is 14.4. The Morgan fingerprint density at radius 2 is 1.75 bits per heavy atom. The van der Waals surface area contributed by atoms with Crippen molar-refractivity contribution < 1.29 is 13.9 Å². The number of benzene rings is 2. The van der Waals surface area contributed by atoms with Crippen molar-refractivity contribution in [1.29, 1.82) is 0 Å². The molecule has 0 aliphatic carbocycles. The van der Waals surface area contributed by atoms with Crippen LogP contribution in [0, 0.1) is 5.82 Å². The standard InChI is InChI=1S/C29H30ClFN2O2S/c1-29(2,3)35-28(34)33-16-14-22-9-13-26(30)27(25(22)15-17-33)36-19-24-12-8-21(18-32-24)5-4-20-6-10-23(31)11-7-20/h4-13,18H,14-17,19H2,1-3H3/b5-4-. The van der Waals surface area contributed by atoms with Crippen molar-refractivity contribution in [3.8, 4) is 0 Å². The molecule has 3 aromatic rings. The third-order valence-corrected chi connectivity index (χ3v) is 7.42. The first-order valence-electron chi connectivity index (χ1n) is 12.0. The van der Waals surface area contributed by atoms with Gasteiger partial charge in [-0.3, -0.25) is 4.98 Å². The minimum absolute atomic E-state index is 0.244. The summed E-state index contributed by atoms with van der Waals surface area (Å²) in [5.74, 6) is 0.444. The molecule has 0 spiro atoms. The van der Waals surface area contributed by atoms with Crippen LogP contribution >= 0.6 is 23.4 Å². The van der Waals surface area contributed by atoms with E-state index in [0.29, 0.717) is 18.8 Å². The maximum Gasteiger partial charge on any atom is 0.410 e. The lowest BCUT2D eigenvalue weighted by atomic mass is 10.0. The van der Waals surface area contributed by atoms with Crippen molar-refractivity contribution in [2.45, 2.75) is 49.9 Å². The lowest BCUT2D eigenvalue weighted by Gasteiger charge is -2.26. The van der Waals surface area contributed by atoms with E-state index >= 15 is 0 Å². The molecule has 4 nitrogen and oxygen atoms in total. The summed E-state index contributed by atoms with van der Waals surface area (Å²) in [7, 11) is 0. The highest BCUT2D eigenvalue weighted by molar-refractivity contribution is 7.98. The second-order valence-electron chi connectivity index (χ2n) is 9.74. The summed E-state index contributed by atoms with van der Waals surface area (Å²) in [4.78, 5) is 20.0. The SMILES string of the molecule is CC(C)(C)OC(=O)N1CCc2ccc(Cl)c(SCc3ccc(/C=C\c4ccc(F)cc4)cn3)c2CC1. The summed E-state index contributed by atoms with van der Waals surface area (Å²) < 4.78 is 18.6. The molecule has 36 heavy (non-hydrogen) atoms. The van der Waals surface area contributed by atoms with Crippen LogP contribution in [0.3, 0.4) is 0 Å². The average molecular weight is 525 g/mol. The monoisotopic (exact) mass is 524 g/mol. The molecular weight excluding hydrogens is 495 g/mol. The second kappa shape index (κ2) is 11.5. The van der Waals surface area contributed by atoms with Gasteiger partial charge in [0.1, 0.15) is 11.4 Å². The smallest absolute Gasteiger partial charge is 0.410 e. The van der Waals surface area contributed by atoms with E-state index < -0.39 is 5.60 Å². The van der Waals surface area contributed by atoms with Crippen LogP contribution in [0.1, 0.15) is 48.7 Å². The van der Waals surface area contributed by atoms with Crippen molar-refractivity contribution >= 4 is 41.6 Å². The zero-order valence-corrected chi connectivity index (χ0v) is 22.3. The van der Waals surface area contributed by atoms with E-state index in [1.54, 1.807) is 28.8 Å². The summed E-state index contributed by atoms with van der Waals surface area (Å²) in [5.41, 5.74) is 4.78. The highest BCUT2D eigenvalue weighted by Crippen LogP contribution is 2.36. The molecule has 0 fully saturated rings. The number of fused-ring (bicyclic) bond motifs is 1. The van der Waals surface area contributed by atoms with Crippen LogP contribution in [0.15, 0.2) is 59.6 Å². The molecule has 0 saturated carbocycles. The van der Waals surface area contributed by atoms with Gasteiger partial charge in [0.15, 0.2) is 0 Å². The Labute approximate surface area is 221 Å². The van der Waals surface area contributed by atoms with Crippen LogP contribution < -0.4 is 0 Å². The van der Waals surface area contributed by atoms with Gasteiger partial charge in [0.2, 0.25) is 0 Å². The van der Waals surface area contributed by atoms with Crippen molar-refractivity contribution in [3.63, 3.8) is 0 Å². The van der Waals surface area contributed by atoms with Crippen molar-refractivity contribution in [1.82, 2.24) is 9.88 Å². The lowest BCUT2D eigenvalue weighted by molar-refractivity contribution is 0.0258. The van der Waals surface area contributed by atoms with Gasteiger partial charge in [-0.05, 0) is 80.1 Å². The molecule has 1 aliphatic heterocycles. The fourth-order valence-corrected chi connectivity index (χ4v) is 5.38. The van der Waals surface area contributed by atoms with Gasteiger partial charge in [-0.1, -0.05) is 48.0 Å². The van der Waals surface area contributed by atoms with Crippen molar-refractivity contribution in [3.05, 3.63) is 93.5 Å². The topological polar surface area (TPSA) is 42.4 Å². The molecule has 0 radical (unpaired) electrons. The van der Waals surface area contributed by atoms with Gasteiger partial charge in [0.25, 0.3) is 0 Å². The Kier molecular flexibility index (Phi) is 8.37. The summed E-state index contributed by atoms with van der Waals surface area (Å²) in [5, 5.41) is 0.725. The Morgan fingerprint density at radius 1 is 1.06 bits per heavy atom. The van der Waals surface area contributed by atoms with Crippen LogP contribution in [-0.4, -0.2) is 34.7 Å². The molecular formula is C29H30ClFN2O2S. The Hall–Kier alpha value is -2.83. The van der Waals surface area contributed by atoms with Crippen LogP contribution in [0.25, 0.3) is 12.2 Å². The first kappa shape index (κ1) is 26.2. The molecule has 0 unspecified atom stereocenters. The molecule has 0 saturated heterocycles. The van der Waals surface area contributed by atoms with Gasteiger partial charge in [-0.15, -0.1) is 11.8 Å². The number of aromatic nitrogens is 1.